The average Bonchev–Trinajstić information content (AvgIpc) is 3.21. The number of carbonyl (C=O) groups excluding carboxylic acids is 2. The molecule has 0 bridgehead atoms. The maximum absolute atomic E-state index is 13.8. The molecule has 0 aliphatic carbocycles. The molecule has 1 aromatic heterocycles. The molecule has 1 amide bonds. The number of thioether (sulfide) groups is 1. The number of amides is 1. The molecule has 2 aromatic rings. The predicted molar refractivity (Wildman–Crippen MR) is 169 cm³/mol. The van der Waals surface area contributed by atoms with Crippen molar-refractivity contribution in [2.24, 2.45) is 5.41 Å². The Hall–Kier alpha value is -2.49. The summed E-state index contributed by atoms with van der Waals surface area (Å²) in [5.74, 6) is 0.160. The second-order valence-electron chi connectivity index (χ2n) is 11.0. The van der Waals surface area contributed by atoms with E-state index in [4.69, 9.17) is 30.1 Å². The quantitative estimate of drug-likeness (QED) is 0.115. The number of aromatic nitrogens is 2. The van der Waals surface area contributed by atoms with Gasteiger partial charge in [-0.2, -0.15) is 0 Å². The molecule has 2 heterocycles. The zero-order valence-corrected chi connectivity index (χ0v) is 28.0. The predicted octanol–water partition coefficient (Wildman–Crippen LogP) is 3.15. The van der Waals surface area contributed by atoms with Crippen molar-refractivity contribution in [3.05, 3.63) is 69.0 Å². The van der Waals surface area contributed by atoms with Crippen molar-refractivity contribution in [1.82, 2.24) is 20.0 Å². The summed E-state index contributed by atoms with van der Waals surface area (Å²) >= 11 is 7.59. The first-order valence-corrected chi connectivity index (χ1v) is 17.2. The fourth-order valence-corrected chi connectivity index (χ4v) is 6.87. The largest absolute Gasteiger partial charge is 0.450 e. The van der Waals surface area contributed by atoms with Gasteiger partial charge >= 0.3 is 19.5 Å². The van der Waals surface area contributed by atoms with Crippen molar-refractivity contribution in [2.45, 2.75) is 64.0 Å². The third-order valence-corrected chi connectivity index (χ3v) is 10.1. The van der Waals surface area contributed by atoms with Crippen LogP contribution in [0.2, 0.25) is 0 Å². The van der Waals surface area contributed by atoms with E-state index in [0.717, 1.165) is 28.0 Å². The monoisotopic (exact) mass is 690 g/mol. The highest BCUT2D eigenvalue weighted by atomic mass is 35.5. The van der Waals surface area contributed by atoms with E-state index in [0.29, 0.717) is 6.42 Å². The van der Waals surface area contributed by atoms with Gasteiger partial charge in [0.1, 0.15) is 17.1 Å². The lowest BCUT2D eigenvalue weighted by molar-refractivity contribution is -0.118. The van der Waals surface area contributed by atoms with E-state index in [-0.39, 0.29) is 37.2 Å². The normalized spacial score (nSPS) is 22.9. The van der Waals surface area contributed by atoms with E-state index in [1.165, 1.54) is 13.1 Å². The number of aliphatic hydroxyl groups excluding tert-OH is 1. The first-order valence-electron chi connectivity index (χ1n) is 14.3. The molecule has 1 fully saturated rings. The van der Waals surface area contributed by atoms with E-state index < -0.39 is 60.4 Å². The Morgan fingerprint density at radius 1 is 1.22 bits per heavy atom. The molecule has 17 heteroatoms. The number of benzene rings is 1. The molecular formula is C28H40ClN4O10PS. The number of hydrogen-bond donors (Lipinski definition) is 4. The highest BCUT2D eigenvalue weighted by molar-refractivity contribution is 8.13. The maximum atomic E-state index is 13.8. The minimum absolute atomic E-state index is 0.122. The zero-order valence-electron chi connectivity index (χ0n) is 25.5. The van der Waals surface area contributed by atoms with Crippen LogP contribution in [-0.4, -0.2) is 75.1 Å². The zero-order chi connectivity index (χ0) is 33.3. The number of halogens is 1. The van der Waals surface area contributed by atoms with E-state index in [1.54, 1.807) is 20.8 Å². The lowest BCUT2D eigenvalue weighted by Gasteiger charge is -2.26. The SMILES string of the molecule is CCOC(=O)NCCC(C)(C)C(=O)SCCOP(=O)(NCc1ccccc1)OC[C@H]1O[C@@H](n2ccc(=O)[nH]c2=O)[C@](C)(Cl)[C@@H]1O. The summed E-state index contributed by atoms with van der Waals surface area (Å²) in [6.07, 6.45) is -2.62. The number of hydrogen-bond acceptors (Lipinski definition) is 11. The van der Waals surface area contributed by atoms with Crippen molar-refractivity contribution < 1.29 is 37.8 Å². The number of alkyl carbamates (subject to hydrolysis) is 1. The van der Waals surface area contributed by atoms with Crippen molar-refractivity contribution >= 4 is 42.3 Å². The Balaban J connectivity index is 1.61. The summed E-state index contributed by atoms with van der Waals surface area (Å²) in [5, 5.41) is 16.2. The number of carbonyl (C=O) groups is 2. The molecule has 5 atom stereocenters. The fraction of sp³-hybridized carbons (Fsp3) is 0.571. The van der Waals surface area contributed by atoms with Gasteiger partial charge in [0.15, 0.2) is 11.3 Å². The molecule has 1 unspecified atom stereocenters. The van der Waals surface area contributed by atoms with E-state index in [1.807, 2.05) is 30.3 Å². The first kappa shape index (κ1) is 37.0. The summed E-state index contributed by atoms with van der Waals surface area (Å²) < 4.78 is 36.9. The Morgan fingerprint density at radius 3 is 2.60 bits per heavy atom. The van der Waals surface area contributed by atoms with Crippen molar-refractivity contribution in [2.75, 3.05) is 32.1 Å². The van der Waals surface area contributed by atoms with Crippen LogP contribution in [0.25, 0.3) is 0 Å². The molecule has 1 saturated heterocycles. The van der Waals surface area contributed by atoms with Gasteiger partial charge in [0.2, 0.25) is 0 Å². The lowest BCUT2D eigenvalue weighted by atomic mass is 9.91. The average molecular weight is 691 g/mol. The highest BCUT2D eigenvalue weighted by Crippen LogP contribution is 2.47. The van der Waals surface area contributed by atoms with Crippen LogP contribution in [0.5, 0.6) is 0 Å². The summed E-state index contributed by atoms with van der Waals surface area (Å²) in [5.41, 5.74) is -1.35. The van der Waals surface area contributed by atoms with Gasteiger partial charge in [0, 0.05) is 36.5 Å². The second-order valence-corrected chi connectivity index (χ2v) is 14.7. The maximum Gasteiger partial charge on any atom is 0.407 e. The topological polar surface area (TPSA) is 187 Å². The van der Waals surface area contributed by atoms with Crippen LogP contribution in [0.15, 0.2) is 52.2 Å². The lowest BCUT2D eigenvalue weighted by Crippen LogP contribution is -2.43. The van der Waals surface area contributed by atoms with Crippen LogP contribution in [0.1, 0.15) is 45.9 Å². The molecule has 45 heavy (non-hydrogen) atoms. The van der Waals surface area contributed by atoms with Gasteiger partial charge in [-0.15, -0.1) is 11.6 Å². The van der Waals surface area contributed by atoms with Crippen molar-refractivity contribution in [1.29, 1.82) is 0 Å². The third kappa shape index (κ3) is 10.5. The van der Waals surface area contributed by atoms with E-state index in [2.05, 4.69) is 15.4 Å². The molecule has 0 radical (unpaired) electrons. The minimum Gasteiger partial charge on any atom is -0.450 e. The molecule has 1 aliphatic rings. The molecule has 4 N–H and O–H groups in total. The van der Waals surface area contributed by atoms with Crippen LogP contribution in [0.4, 0.5) is 4.79 Å². The number of ether oxygens (including phenoxy) is 2. The van der Waals surface area contributed by atoms with Crippen LogP contribution < -0.4 is 21.7 Å². The molecule has 1 aliphatic heterocycles. The van der Waals surface area contributed by atoms with Crippen LogP contribution in [0.3, 0.4) is 0 Å². The molecule has 14 nitrogen and oxygen atoms in total. The van der Waals surface area contributed by atoms with Crippen LogP contribution >= 0.6 is 31.1 Å². The second kappa shape index (κ2) is 16.4. The minimum atomic E-state index is -4.04. The summed E-state index contributed by atoms with van der Waals surface area (Å²) in [4.78, 5) is 48.8. The molecule has 0 spiro atoms. The Labute approximate surface area is 270 Å². The number of rotatable bonds is 16. The number of aromatic amines is 1. The van der Waals surface area contributed by atoms with Crippen molar-refractivity contribution in [3.8, 4) is 0 Å². The Kier molecular flexibility index (Phi) is 13.4. The van der Waals surface area contributed by atoms with Gasteiger partial charge in [0.25, 0.3) is 5.56 Å². The third-order valence-electron chi connectivity index (χ3n) is 6.97. The van der Waals surface area contributed by atoms with Crippen LogP contribution in [-0.2, 0) is 34.4 Å². The number of nitrogens with one attached hydrogen (secondary N) is 3. The van der Waals surface area contributed by atoms with Gasteiger partial charge < -0.3 is 19.9 Å². The molecule has 0 saturated carbocycles. The number of nitrogens with zero attached hydrogens (tertiary/aromatic N) is 1. The standard InChI is InChI=1S/C28H40ClN4O10PS/c1-5-40-26(38)30-13-12-27(2,3)24(36)45-16-15-41-44(39,31-17-19-9-7-6-8-10-19)42-18-20-22(35)28(4,29)23(43-20)33-14-11-21(34)32-25(33)37/h6-11,14,20,22-23,35H,5,12-13,15-18H2,1-4H3,(H,30,38)(H,31,39)(H,32,34,37)/t20-,22-,23-,28-,44?/m1/s1. The van der Waals surface area contributed by atoms with Gasteiger partial charge in [-0.05, 0) is 25.8 Å². The first-order chi connectivity index (χ1) is 21.2. The number of alkyl halides is 1. The molecule has 250 valence electrons. The fourth-order valence-electron chi connectivity index (χ4n) is 4.30. The van der Waals surface area contributed by atoms with Gasteiger partial charge in [0.05, 0.1) is 19.8 Å². The summed E-state index contributed by atoms with van der Waals surface area (Å²) in [7, 11) is -4.04. The van der Waals surface area contributed by atoms with Gasteiger partial charge in [-0.25, -0.2) is 19.2 Å². The van der Waals surface area contributed by atoms with E-state index >= 15 is 0 Å². The number of H-pyrrole nitrogens is 1. The van der Waals surface area contributed by atoms with Crippen LogP contribution in [0, 0.1) is 5.41 Å². The summed E-state index contributed by atoms with van der Waals surface area (Å²) in [6.45, 7) is 6.77. The summed E-state index contributed by atoms with van der Waals surface area (Å²) in [6, 6.07) is 10.2. The highest BCUT2D eigenvalue weighted by Gasteiger charge is 2.54. The Morgan fingerprint density at radius 2 is 1.93 bits per heavy atom. The molecule has 1 aromatic carbocycles. The van der Waals surface area contributed by atoms with Gasteiger partial charge in [-0.3, -0.25) is 28.2 Å². The smallest absolute Gasteiger partial charge is 0.407 e. The van der Waals surface area contributed by atoms with Crippen molar-refractivity contribution in [3.63, 3.8) is 0 Å². The molecular weight excluding hydrogens is 651 g/mol. The van der Waals surface area contributed by atoms with Gasteiger partial charge in [-0.1, -0.05) is 55.9 Å². The Bertz CT molecular complexity index is 1450. The molecule has 3 rings (SSSR count). The van der Waals surface area contributed by atoms with E-state index in [9.17, 15) is 28.8 Å². The number of aliphatic hydroxyl groups is 1.